The maximum Gasteiger partial charge on any atom is 0.131 e. The summed E-state index contributed by atoms with van der Waals surface area (Å²) < 4.78 is 3.30. The van der Waals surface area contributed by atoms with Gasteiger partial charge in [-0.15, -0.1) is 0 Å². The van der Waals surface area contributed by atoms with Crippen molar-refractivity contribution in [1.82, 2.24) is 20.0 Å². The van der Waals surface area contributed by atoms with Crippen molar-refractivity contribution in [2.45, 2.75) is 25.4 Å². The number of nitrogens with one attached hydrogen (secondary N) is 1. The van der Waals surface area contributed by atoms with Gasteiger partial charge in [0.25, 0.3) is 0 Å². The molecule has 0 aromatic carbocycles. The lowest BCUT2D eigenvalue weighted by Crippen LogP contribution is -2.27. The second-order valence-corrected chi connectivity index (χ2v) is 5.54. The number of likely N-dealkylation sites (N-methyl/N-ethyl adjacent to an activating group) is 1. The van der Waals surface area contributed by atoms with Crippen LogP contribution in [0, 0.1) is 0 Å². The third kappa shape index (κ3) is 1.71. The lowest BCUT2D eigenvalue weighted by Gasteiger charge is -2.19. The molecule has 2 aliphatic heterocycles. The zero-order valence-corrected chi connectivity index (χ0v) is 11.1. The molecule has 1 aromatic rings. The molecule has 1 unspecified atom stereocenters. The first-order chi connectivity index (χ1) is 7.75. The quantitative estimate of drug-likeness (QED) is 0.841. The molecule has 0 amide bonds. The van der Waals surface area contributed by atoms with E-state index in [9.17, 15) is 0 Å². The summed E-state index contributed by atoms with van der Waals surface area (Å²) in [4.78, 5) is 2.38. The summed E-state index contributed by atoms with van der Waals surface area (Å²) in [7, 11) is 2.18. The van der Waals surface area contributed by atoms with E-state index in [0.29, 0.717) is 6.04 Å². The van der Waals surface area contributed by atoms with Gasteiger partial charge in [0, 0.05) is 18.7 Å². The topological polar surface area (TPSA) is 33.1 Å². The minimum atomic E-state index is 0.560. The minimum absolute atomic E-state index is 0.560. The summed E-state index contributed by atoms with van der Waals surface area (Å²) in [6.45, 7) is 4.35. The van der Waals surface area contributed by atoms with E-state index in [1.165, 1.54) is 24.2 Å². The highest BCUT2D eigenvalue weighted by Gasteiger charge is 2.27. The molecular formula is C11H17BrN4. The Morgan fingerprint density at radius 2 is 2.38 bits per heavy atom. The van der Waals surface area contributed by atoms with E-state index >= 15 is 0 Å². The van der Waals surface area contributed by atoms with E-state index < -0.39 is 0 Å². The van der Waals surface area contributed by atoms with Gasteiger partial charge >= 0.3 is 0 Å². The molecule has 0 saturated carbocycles. The second-order valence-electron chi connectivity index (χ2n) is 4.79. The third-order valence-electron chi connectivity index (χ3n) is 3.63. The van der Waals surface area contributed by atoms with Crippen LogP contribution in [0.25, 0.3) is 0 Å². The maximum absolute atomic E-state index is 4.68. The van der Waals surface area contributed by atoms with Crippen molar-refractivity contribution in [3.05, 3.63) is 15.9 Å². The molecule has 5 heteroatoms. The van der Waals surface area contributed by atoms with E-state index in [0.717, 1.165) is 30.7 Å². The Bertz CT molecular complexity index is 401. The van der Waals surface area contributed by atoms with Crippen LogP contribution >= 0.6 is 15.9 Å². The van der Waals surface area contributed by atoms with E-state index in [-0.39, 0.29) is 0 Å². The number of rotatable bonds is 1. The van der Waals surface area contributed by atoms with Crippen molar-refractivity contribution in [3.8, 4) is 0 Å². The molecule has 0 radical (unpaired) electrons. The van der Waals surface area contributed by atoms with Crippen molar-refractivity contribution in [1.29, 1.82) is 0 Å². The van der Waals surface area contributed by atoms with Crippen molar-refractivity contribution < 1.29 is 0 Å². The summed E-state index contributed by atoms with van der Waals surface area (Å²) in [6.07, 6.45) is 2.32. The Kier molecular flexibility index (Phi) is 2.77. The molecular weight excluding hydrogens is 268 g/mol. The van der Waals surface area contributed by atoms with E-state index in [2.05, 4.69) is 43.0 Å². The summed E-state index contributed by atoms with van der Waals surface area (Å²) in [5, 5.41) is 8.11. The van der Waals surface area contributed by atoms with E-state index in [1.807, 2.05) is 0 Å². The first-order valence-corrected chi connectivity index (χ1v) is 6.70. The number of hydrogen-bond donors (Lipinski definition) is 1. The average molecular weight is 285 g/mol. The number of halogens is 1. The highest BCUT2D eigenvalue weighted by molar-refractivity contribution is 9.10. The largest absolute Gasteiger partial charge is 0.311 e. The molecule has 1 N–H and O–H groups in total. The molecule has 0 spiro atoms. The molecule has 1 saturated heterocycles. The van der Waals surface area contributed by atoms with Gasteiger partial charge in [0.1, 0.15) is 4.60 Å². The van der Waals surface area contributed by atoms with Gasteiger partial charge in [-0.3, -0.25) is 4.68 Å². The Morgan fingerprint density at radius 1 is 1.50 bits per heavy atom. The zero-order chi connectivity index (χ0) is 11.1. The van der Waals surface area contributed by atoms with Gasteiger partial charge in [-0.2, -0.15) is 5.10 Å². The molecule has 1 aromatic heterocycles. The van der Waals surface area contributed by atoms with Crippen LogP contribution in [0.15, 0.2) is 4.60 Å². The van der Waals surface area contributed by atoms with Crippen LogP contribution in [0.1, 0.15) is 23.7 Å². The van der Waals surface area contributed by atoms with Gasteiger partial charge in [-0.05, 0) is 48.9 Å². The number of nitrogens with zero attached hydrogens (tertiary/aromatic N) is 3. The Balaban J connectivity index is 1.95. The summed E-state index contributed by atoms with van der Waals surface area (Å²) >= 11 is 3.59. The lowest BCUT2D eigenvalue weighted by molar-refractivity contribution is 0.374. The molecule has 3 heterocycles. The van der Waals surface area contributed by atoms with Gasteiger partial charge < -0.3 is 10.2 Å². The molecule has 16 heavy (non-hydrogen) atoms. The van der Waals surface area contributed by atoms with Crippen LogP contribution in [0.2, 0.25) is 0 Å². The summed E-state index contributed by atoms with van der Waals surface area (Å²) in [5.41, 5.74) is 2.80. The van der Waals surface area contributed by atoms with Gasteiger partial charge in [-0.1, -0.05) is 0 Å². The van der Waals surface area contributed by atoms with Crippen molar-refractivity contribution >= 4 is 15.9 Å². The smallest absolute Gasteiger partial charge is 0.131 e. The predicted molar refractivity (Wildman–Crippen MR) is 66.5 cm³/mol. The van der Waals surface area contributed by atoms with Gasteiger partial charge in [0.15, 0.2) is 0 Å². The highest BCUT2D eigenvalue weighted by Crippen LogP contribution is 2.29. The fourth-order valence-corrected chi connectivity index (χ4v) is 3.34. The van der Waals surface area contributed by atoms with Crippen molar-refractivity contribution in [2.75, 3.05) is 26.7 Å². The van der Waals surface area contributed by atoms with Crippen LogP contribution in [0.5, 0.6) is 0 Å². The molecule has 0 aliphatic carbocycles. The normalized spacial score (nSPS) is 26.0. The van der Waals surface area contributed by atoms with Crippen LogP contribution in [-0.4, -0.2) is 41.4 Å². The Hall–Kier alpha value is -0.390. The third-order valence-corrected chi connectivity index (χ3v) is 4.26. The van der Waals surface area contributed by atoms with E-state index in [1.54, 1.807) is 0 Å². The number of hydrogen-bond acceptors (Lipinski definition) is 3. The van der Waals surface area contributed by atoms with Crippen LogP contribution < -0.4 is 5.32 Å². The Morgan fingerprint density at radius 3 is 3.12 bits per heavy atom. The Labute approximate surface area is 104 Å². The first kappa shape index (κ1) is 10.7. The van der Waals surface area contributed by atoms with Crippen molar-refractivity contribution in [2.24, 2.45) is 0 Å². The fourth-order valence-electron chi connectivity index (χ4n) is 2.74. The molecule has 1 fully saturated rings. The van der Waals surface area contributed by atoms with Crippen LogP contribution in [0.4, 0.5) is 0 Å². The summed E-state index contributed by atoms with van der Waals surface area (Å²) in [6, 6.07) is 0.560. The molecule has 0 bridgehead atoms. The fraction of sp³-hybridized carbons (Fsp3) is 0.727. The average Bonchev–Trinajstić information content (AvgIpc) is 2.84. The van der Waals surface area contributed by atoms with Gasteiger partial charge in [-0.25, -0.2) is 0 Å². The van der Waals surface area contributed by atoms with Crippen LogP contribution in [-0.2, 0) is 13.0 Å². The second kappa shape index (κ2) is 4.13. The summed E-state index contributed by atoms with van der Waals surface area (Å²) in [5.74, 6) is 0. The first-order valence-electron chi connectivity index (χ1n) is 5.90. The number of fused-ring (bicyclic) bond motifs is 1. The number of likely N-dealkylation sites (tertiary alicyclic amines) is 1. The standard InChI is InChI=1S/C11H17BrN4/c1-15-5-3-8(7-15)16-10-6-13-4-2-9(10)11(12)14-16/h8,13H,2-7H2,1H3. The highest BCUT2D eigenvalue weighted by atomic mass is 79.9. The molecule has 88 valence electrons. The monoisotopic (exact) mass is 284 g/mol. The van der Waals surface area contributed by atoms with Gasteiger partial charge in [0.05, 0.1) is 11.7 Å². The maximum atomic E-state index is 4.68. The van der Waals surface area contributed by atoms with Crippen molar-refractivity contribution in [3.63, 3.8) is 0 Å². The SMILES string of the molecule is CN1CCC(n2nc(Br)c3c2CNCC3)C1. The molecule has 1 atom stereocenters. The minimum Gasteiger partial charge on any atom is -0.311 e. The van der Waals surface area contributed by atoms with E-state index in [4.69, 9.17) is 0 Å². The predicted octanol–water partition coefficient (Wildman–Crippen LogP) is 1.17. The number of aromatic nitrogens is 2. The molecule has 4 nitrogen and oxygen atoms in total. The lowest BCUT2D eigenvalue weighted by atomic mass is 10.1. The molecule has 2 aliphatic rings. The zero-order valence-electron chi connectivity index (χ0n) is 9.54. The molecule has 3 rings (SSSR count). The van der Waals surface area contributed by atoms with Gasteiger partial charge in [0.2, 0.25) is 0 Å². The van der Waals surface area contributed by atoms with Crippen LogP contribution in [0.3, 0.4) is 0 Å².